The fraction of sp³-hybridized carbons (Fsp3) is 0.200. The average molecular weight is 480 g/mol. The summed E-state index contributed by atoms with van der Waals surface area (Å²) in [6.07, 6.45) is 1.64. The van der Waals surface area contributed by atoms with E-state index >= 15 is 0 Å². The molecule has 0 atom stereocenters. The van der Waals surface area contributed by atoms with Gasteiger partial charge in [0.15, 0.2) is 5.69 Å². The molecule has 1 N–H and O–H groups in total. The number of fused-ring (bicyclic) bond motifs is 1. The Morgan fingerprint density at radius 2 is 1.85 bits per heavy atom. The molecule has 174 valence electrons. The molecule has 0 saturated heterocycles. The highest BCUT2D eigenvalue weighted by Crippen LogP contribution is 2.31. The summed E-state index contributed by atoms with van der Waals surface area (Å²) in [6, 6.07) is 15.5. The van der Waals surface area contributed by atoms with Crippen LogP contribution in [-0.2, 0) is 16.0 Å². The van der Waals surface area contributed by atoms with Crippen molar-refractivity contribution in [3.05, 3.63) is 87.4 Å². The number of carbonyl (C=O) groups is 2. The SMILES string of the molecule is CCOC(=O)c1nn(-c2ccccc2F)c(=O)c2c(NC(=O)CCCc3ccccc3)scc12. The molecule has 0 spiro atoms. The number of rotatable bonds is 8. The van der Waals surface area contributed by atoms with Crippen LogP contribution >= 0.6 is 11.3 Å². The zero-order valence-electron chi connectivity index (χ0n) is 18.4. The lowest BCUT2D eigenvalue weighted by molar-refractivity contribution is -0.116. The highest BCUT2D eigenvalue weighted by atomic mass is 32.1. The highest BCUT2D eigenvalue weighted by molar-refractivity contribution is 7.16. The van der Waals surface area contributed by atoms with Crippen LogP contribution in [0.1, 0.15) is 35.8 Å². The minimum absolute atomic E-state index is 0.0858. The van der Waals surface area contributed by atoms with Crippen LogP contribution in [0.3, 0.4) is 0 Å². The van der Waals surface area contributed by atoms with Crippen LogP contribution < -0.4 is 10.9 Å². The molecular formula is C25H22FN3O4S. The molecule has 9 heteroatoms. The Morgan fingerprint density at radius 1 is 1.12 bits per heavy atom. The lowest BCUT2D eigenvalue weighted by Crippen LogP contribution is -2.26. The number of carbonyl (C=O) groups excluding carboxylic acids is 2. The van der Waals surface area contributed by atoms with E-state index in [4.69, 9.17) is 4.74 Å². The lowest BCUT2D eigenvalue weighted by atomic mass is 10.1. The number of nitrogens with one attached hydrogen (secondary N) is 1. The van der Waals surface area contributed by atoms with Crippen LogP contribution in [0, 0.1) is 5.82 Å². The van der Waals surface area contributed by atoms with Crippen molar-refractivity contribution in [2.45, 2.75) is 26.2 Å². The number of anilines is 1. The molecule has 2 heterocycles. The molecule has 0 saturated carbocycles. The van der Waals surface area contributed by atoms with Gasteiger partial charge in [0.25, 0.3) is 5.56 Å². The lowest BCUT2D eigenvalue weighted by Gasteiger charge is -2.10. The average Bonchev–Trinajstić information content (AvgIpc) is 3.25. The van der Waals surface area contributed by atoms with Crippen molar-refractivity contribution in [1.82, 2.24) is 9.78 Å². The second-order valence-electron chi connectivity index (χ2n) is 7.48. The van der Waals surface area contributed by atoms with Gasteiger partial charge in [-0.1, -0.05) is 42.5 Å². The number of aryl methyl sites for hydroxylation is 1. The predicted octanol–water partition coefficient (Wildman–Crippen LogP) is 4.72. The Balaban J connectivity index is 1.68. The second kappa shape index (κ2) is 10.4. The molecule has 2 aromatic carbocycles. The van der Waals surface area contributed by atoms with Crippen LogP contribution in [0.15, 0.2) is 64.8 Å². The Morgan fingerprint density at radius 3 is 2.59 bits per heavy atom. The third-order valence-corrected chi connectivity index (χ3v) is 6.06. The smallest absolute Gasteiger partial charge is 0.359 e. The van der Waals surface area contributed by atoms with E-state index in [1.807, 2.05) is 30.3 Å². The zero-order chi connectivity index (χ0) is 24.1. The quantitative estimate of drug-likeness (QED) is 0.369. The molecular weight excluding hydrogens is 457 g/mol. The second-order valence-corrected chi connectivity index (χ2v) is 8.36. The van der Waals surface area contributed by atoms with Crippen molar-refractivity contribution in [3.8, 4) is 5.69 Å². The number of hydrogen-bond donors (Lipinski definition) is 1. The van der Waals surface area contributed by atoms with E-state index in [0.29, 0.717) is 6.42 Å². The topological polar surface area (TPSA) is 90.3 Å². The number of benzene rings is 2. The van der Waals surface area contributed by atoms with Gasteiger partial charge in [0, 0.05) is 17.2 Å². The normalized spacial score (nSPS) is 10.9. The Labute approximate surface area is 198 Å². The van der Waals surface area contributed by atoms with E-state index in [1.165, 1.54) is 18.2 Å². The molecule has 0 unspecified atom stereocenters. The van der Waals surface area contributed by atoms with Crippen LogP contribution in [0.5, 0.6) is 0 Å². The van der Waals surface area contributed by atoms with E-state index in [1.54, 1.807) is 18.4 Å². The van der Waals surface area contributed by atoms with Crippen molar-refractivity contribution in [3.63, 3.8) is 0 Å². The van der Waals surface area contributed by atoms with Gasteiger partial charge in [0.1, 0.15) is 16.5 Å². The fourth-order valence-electron chi connectivity index (χ4n) is 3.57. The van der Waals surface area contributed by atoms with Gasteiger partial charge in [-0.2, -0.15) is 9.78 Å². The Hall–Kier alpha value is -3.85. The maximum Gasteiger partial charge on any atom is 0.359 e. The summed E-state index contributed by atoms with van der Waals surface area (Å²) in [5.41, 5.74) is 0.260. The number of halogens is 1. The van der Waals surface area contributed by atoms with Gasteiger partial charge in [-0.15, -0.1) is 11.3 Å². The molecule has 0 radical (unpaired) electrons. The molecule has 0 aliphatic rings. The van der Waals surface area contributed by atoms with Gasteiger partial charge in [0.2, 0.25) is 5.91 Å². The van der Waals surface area contributed by atoms with Gasteiger partial charge in [0.05, 0.1) is 12.0 Å². The highest BCUT2D eigenvalue weighted by Gasteiger charge is 2.24. The first-order valence-corrected chi connectivity index (χ1v) is 11.7. The van der Waals surface area contributed by atoms with Gasteiger partial charge in [-0.3, -0.25) is 9.59 Å². The largest absolute Gasteiger partial charge is 0.461 e. The molecule has 34 heavy (non-hydrogen) atoms. The summed E-state index contributed by atoms with van der Waals surface area (Å²) in [5.74, 6) is -1.67. The molecule has 0 bridgehead atoms. The van der Waals surface area contributed by atoms with E-state index in [-0.39, 0.29) is 46.1 Å². The first-order chi connectivity index (χ1) is 16.5. The Kier molecular flexibility index (Phi) is 7.12. The van der Waals surface area contributed by atoms with E-state index in [2.05, 4.69) is 10.4 Å². The maximum atomic E-state index is 14.5. The summed E-state index contributed by atoms with van der Waals surface area (Å²) in [4.78, 5) is 38.5. The molecule has 4 aromatic rings. The number of hydrogen-bond acceptors (Lipinski definition) is 6. The van der Waals surface area contributed by atoms with Crippen LogP contribution in [0.2, 0.25) is 0 Å². The maximum absolute atomic E-state index is 14.5. The van der Waals surface area contributed by atoms with E-state index in [9.17, 15) is 18.8 Å². The van der Waals surface area contributed by atoms with Gasteiger partial charge in [-0.05, 0) is 37.5 Å². The molecule has 7 nitrogen and oxygen atoms in total. The number of para-hydroxylation sites is 1. The van der Waals surface area contributed by atoms with Crippen molar-refractivity contribution >= 4 is 39.0 Å². The minimum Gasteiger partial charge on any atom is -0.461 e. The predicted molar refractivity (Wildman–Crippen MR) is 129 cm³/mol. The van der Waals surface area contributed by atoms with Gasteiger partial charge >= 0.3 is 5.97 Å². The zero-order valence-corrected chi connectivity index (χ0v) is 19.2. The van der Waals surface area contributed by atoms with Gasteiger partial charge < -0.3 is 10.1 Å². The van der Waals surface area contributed by atoms with Crippen LogP contribution in [0.25, 0.3) is 16.5 Å². The molecule has 0 aliphatic heterocycles. The Bertz CT molecular complexity index is 1400. The first-order valence-electron chi connectivity index (χ1n) is 10.8. The summed E-state index contributed by atoms with van der Waals surface area (Å²) < 4.78 is 20.4. The first kappa shape index (κ1) is 23.3. The molecule has 1 amide bonds. The van der Waals surface area contributed by atoms with Gasteiger partial charge in [-0.25, -0.2) is 9.18 Å². The molecule has 0 aliphatic carbocycles. The third-order valence-electron chi connectivity index (χ3n) is 5.17. The molecule has 0 fully saturated rings. The van der Waals surface area contributed by atoms with E-state index in [0.717, 1.165) is 28.0 Å². The number of nitrogens with zero attached hydrogens (tertiary/aromatic N) is 2. The fourth-order valence-corrected chi connectivity index (χ4v) is 4.52. The summed E-state index contributed by atoms with van der Waals surface area (Å²) >= 11 is 1.11. The molecule has 2 aromatic heterocycles. The van der Waals surface area contributed by atoms with Crippen molar-refractivity contribution < 1.29 is 18.7 Å². The summed E-state index contributed by atoms with van der Waals surface area (Å²) in [5, 5.41) is 9.07. The number of amides is 1. The number of thiophene rings is 1. The number of ether oxygens (including phenoxy) is 1. The van der Waals surface area contributed by atoms with E-state index < -0.39 is 17.3 Å². The third kappa shape index (κ3) is 4.89. The van der Waals surface area contributed by atoms with Crippen molar-refractivity contribution in [1.29, 1.82) is 0 Å². The monoisotopic (exact) mass is 479 g/mol. The molecule has 4 rings (SSSR count). The standard InChI is InChI=1S/C25H22FN3O4S/c1-2-33-25(32)22-17-15-34-23(27-20(30)14-8-11-16-9-4-3-5-10-16)21(17)24(31)29(28-22)19-13-7-6-12-18(19)26/h3-7,9-10,12-13,15H,2,8,11,14H2,1H3,(H,27,30). The summed E-state index contributed by atoms with van der Waals surface area (Å²) in [6.45, 7) is 1.76. The van der Waals surface area contributed by atoms with Crippen LogP contribution in [0.4, 0.5) is 9.39 Å². The van der Waals surface area contributed by atoms with Crippen molar-refractivity contribution in [2.24, 2.45) is 0 Å². The number of esters is 1. The number of aromatic nitrogens is 2. The minimum atomic E-state index is -0.740. The van der Waals surface area contributed by atoms with Crippen molar-refractivity contribution in [2.75, 3.05) is 11.9 Å². The summed E-state index contributed by atoms with van der Waals surface area (Å²) in [7, 11) is 0. The van der Waals surface area contributed by atoms with Crippen LogP contribution in [-0.4, -0.2) is 28.3 Å².